The largest absolute Gasteiger partial charge is 0.329 e. The molecule has 0 aliphatic rings. The van der Waals surface area contributed by atoms with Crippen LogP contribution in [0, 0.1) is 13.8 Å². The second kappa shape index (κ2) is 2.52. The van der Waals surface area contributed by atoms with Gasteiger partial charge >= 0.3 is 5.82 Å². The van der Waals surface area contributed by atoms with E-state index >= 15 is 0 Å². The van der Waals surface area contributed by atoms with E-state index in [4.69, 9.17) is 0 Å². The Morgan fingerprint density at radius 3 is 2.69 bits per heavy atom. The summed E-state index contributed by atoms with van der Waals surface area (Å²) in [6.07, 6.45) is 2.07. The van der Waals surface area contributed by atoms with Crippen molar-refractivity contribution < 1.29 is 4.57 Å². The number of fused-ring (bicyclic) bond motifs is 1. The van der Waals surface area contributed by atoms with E-state index in [1.165, 1.54) is 5.56 Å². The summed E-state index contributed by atoms with van der Waals surface area (Å²) in [5.41, 5.74) is 3.33. The summed E-state index contributed by atoms with van der Waals surface area (Å²) in [4.78, 5) is 0. The van der Waals surface area contributed by atoms with Gasteiger partial charge in [-0.1, -0.05) is 0 Å². The van der Waals surface area contributed by atoms with Crippen LogP contribution in [0.25, 0.3) is 11.2 Å². The Morgan fingerprint density at radius 2 is 2.00 bits per heavy atom. The lowest BCUT2D eigenvalue weighted by Crippen LogP contribution is -2.35. The van der Waals surface area contributed by atoms with Crippen LogP contribution >= 0.6 is 0 Å². The first-order chi connectivity index (χ1) is 6.11. The summed E-state index contributed by atoms with van der Waals surface area (Å²) in [6, 6.07) is 0. The molecule has 13 heavy (non-hydrogen) atoms. The summed E-state index contributed by atoms with van der Waals surface area (Å²) in [5, 5.41) is 8.23. The molecule has 0 bridgehead atoms. The molecule has 0 atom stereocenters. The van der Waals surface area contributed by atoms with E-state index in [1.807, 2.05) is 25.6 Å². The summed E-state index contributed by atoms with van der Waals surface area (Å²) < 4.78 is 4.06. The van der Waals surface area contributed by atoms with Crippen molar-refractivity contribution in [1.82, 2.24) is 14.8 Å². The van der Waals surface area contributed by atoms with Crippen LogP contribution in [0.5, 0.6) is 0 Å². The highest BCUT2D eigenvalue weighted by Gasteiger charge is 2.15. The highest BCUT2D eigenvalue weighted by atomic mass is 15.2. The molecule has 0 radical (unpaired) electrons. The third-order valence-corrected chi connectivity index (χ3v) is 2.42. The maximum absolute atomic E-state index is 4.15. The van der Waals surface area contributed by atoms with Crippen LogP contribution in [-0.2, 0) is 14.1 Å². The molecule has 0 saturated heterocycles. The zero-order chi connectivity index (χ0) is 9.59. The van der Waals surface area contributed by atoms with Crippen molar-refractivity contribution in [2.75, 3.05) is 0 Å². The Hall–Kier alpha value is -1.45. The first kappa shape index (κ1) is 8.16. The van der Waals surface area contributed by atoms with Gasteiger partial charge in [-0.2, -0.15) is 0 Å². The van der Waals surface area contributed by atoms with Gasteiger partial charge < -0.3 is 4.57 Å². The third kappa shape index (κ3) is 1.02. The fourth-order valence-electron chi connectivity index (χ4n) is 1.64. The maximum Gasteiger partial charge on any atom is 0.323 e. The Kier molecular flexibility index (Phi) is 1.58. The van der Waals surface area contributed by atoms with E-state index in [0.29, 0.717) is 0 Å². The van der Waals surface area contributed by atoms with Crippen LogP contribution in [0.2, 0.25) is 0 Å². The first-order valence-corrected chi connectivity index (χ1v) is 4.26. The average Bonchev–Trinajstić information content (AvgIpc) is 2.35. The molecule has 4 heteroatoms. The summed E-state index contributed by atoms with van der Waals surface area (Å²) in [6.45, 7) is 4.04. The molecule has 0 amide bonds. The van der Waals surface area contributed by atoms with E-state index in [0.717, 1.165) is 17.0 Å². The van der Waals surface area contributed by atoms with Gasteiger partial charge in [0.15, 0.2) is 5.52 Å². The lowest BCUT2D eigenvalue weighted by Gasteiger charge is -1.95. The molecular formula is C9H13N4+. The van der Waals surface area contributed by atoms with Crippen molar-refractivity contribution in [3.8, 4) is 0 Å². The zero-order valence-electron chi connectivity index (χ0n) is 8.37. The van der Waals surface area contributed by atoms with Gasteiger partial charge in [0.25, 0.3) is 0 Å². The van der Waals surface area contributed by atoms with Crippen molar-refractivity contribution in [3.63, 3.8) is 0 Å². The molecule has 0 saturated carbocycles. The SMILES string of the molecule is Cc1cn(C)c2nnc(C)[n+](C)c12. The van der Waals surface area contributed by atoms with Crippen molar-refractivity contribution in [3.05, 3.63) is 17.6 Å². The van der Waals surface area contributed by atoms with Gasteiger partial charge in [0.1, 0.15) is 0 Å². The van der Waals surface area contributed by atoms with Gasteiger partial charge in [-0.05, 0) is 12.0 Å². The predicted molar refractivity (Wildman–Crippen MR) is 49.2 cm³/mol. The minimum Gasteiger partial charge on any atom is -0.329 e. The Bertz CT molecular complexity index is 470. The van der Waals surface area contributed by atoms with Gasteiger partial charge in [0, 0.05) is 25.7 Å². The second-order valence-corrected chi connectivity index (χ2v) is 3.40. The van der Waals surface area contributed by atoms with Crippen molar-refractivity contribution >= 4 is 11.2 Å². The van der Waals surface area contributed by atoms with Gasteiger partial charge in [0.05, 0.1) is 12.1 Å². The van der Waals surface area contributed by atoms with E-state index < -0.39 is 0 Å². The van der Waals surface area contributed by atoms with E-state index in [9.17, 15) is 0 Å². The molecule has 0 fully saturated rings. The normalized spacial score (nSPS) is 11.1. The second-order valence-electron chi connectivity index (χ2n) is 3.40. The van der Waals surface area contributed by atoms with Crippen molar-refractivity contribution in [2.45, 2.75) is 13.8 Å². The van der Waals surface area contributed by atoms with Gasteiger partial charge in [-0.25, -0.2) is 4.57 Å². The maximum atomic E-state index is 4.15. The number of hydrogen-bond donors (Lipinski definition) is 0. The first-order valence-electron chi connectivity index (χ1n) is 4.26. The van der Waals surface area contributed by atoms with Crippen molar-refractivity contribution in [1.29, 1.82) is 0 Å². The predicted octanol–water partition coefficient (Wildman–Crippen LogP) is 0.410. The zero-order valence-corrected chi connectivity index (χ0v) is 8.37. The Morgan fingerprint density at radius 1 is 1.31 bits per heavy atom. The van der Waals surface area contributed by atoms with Crippen LogP contribution in [-0.4, -0.2) is 14.8 Å². The number of rotatable bonds is 0. The van der Waals surface area contributed by atoms with E-state index in [2.05, 4.69) is 27.9 Å². The smallest absolute Gasteiger partial charge is 0.323 e. The third-order valence-electron chi connectivity index (χ3n) is 2.42. The number of hydrogen-bond acceptors (Lipinski definition) is 2. The van der Waals surface area contributed by atoms with Crippen LogP contribution in [0.15, 0.2) is 6.20 Å². The monoisotopic (exact) mass is 177 g/mol. The standard InChI is InChI=1S/C9H13N4/c1-6-5-12(3)9-8(6)13(4)7(2)10-11-9/h5H,1-4H3/q+1. The molecule has 0 spiro atoms. The van der Waals surface area contributed by atoms with Crippen LogP contribution in [0.1, 0.15) is 11.4 Å². The lowest BCUT2D eigenvalue weighted by atomic mass is 10.3. The Balaban J connectivity index is 2.98. The number of aromatic nitrogens is 4. The molecule has 2 aromatic heterocycles. The molecule has 0 unspecified atom stereocenters. The van der Waals surface area contributed by atoms with E-state index in [1.54, 1.807) is 0 Å². The fraction of sp³-hybridized carbons (Fsp3) is 0.444. The number of aryl methyl sites for hydroxylation is 4. The highest BCUT2D eigenvalue weighted by Crippen LogP contribution is 2.12. The van der Waals surface area contributed by atoms with Gasteiger partial charge in [-0.3, -0.25) is 0 Å². The van der Waals surface area contributed by atoms with Crippen LogP contribution < -0.4 is 4.57 Å². The highest BCUT2D eigenvalue weighted by molar-refractivity contribution is 5.71. The Labute approximate surface area is 76.8 Å². The molecule has 2 heterocycles. The molecule has 0 N–H and O–H groups in total. The number of nitrogens with zero attached hydrogens (tertiary/aromatic N) is 4. The topological polar surface area (TPSA) is 34.6 Å². The molecule has 4 nitrogen and oxygen atoms in total. The molecule has 0 aliphatic heterocycles. The molecule has 0 aliphatic carbocycles. The fourth-order valence-corrected chi connectivity index (χ4v) is 1.64. The summed E-state index contributed by atoms with van der Waals surface area (Å²) in [5.74, 6) is 0.932. The minimum atomic E-state index is 0.932. The lowest BCUT2D eigenvalue weighted by molar-refractivity contribution is -0.655. The minimum absolute atomic E-state index is 0.932. The summed E-state index contributed by atoms with van der Waals surface area (Å²) >= 11 is 0. The molecule has 2 rings (SSSR count). The van der Waals surface area contributed by atoms with Gasteiger partial charge in [0.2, 0.25) is 5.65 Å². The van der Waals surface area contributed by atoms with Gasteiger partial charge in [-0.15, -0.1) is 0 Å². The molecule has 0 aromatic carbocycles. The molecule has 2 aromatic rings. The summed E-state index contributed by atoms with van der Waals surface area (Å²) in [7, 11) is 4.00. The quantitative estimate of drug-likeness (QED) is 0.546. The molecular weight excluding hydrogens is 164 g/mol. The van der Waals surface area contributed by atoms with Crippen LogP contribution in [0.3, 0.4) is 0 Å². The average molecular weight is 177 g/mol. The molecule has 68 valence electrons. The van der Waals surface area contributed by atoms with Crippen LogP contribution in [0.4, 0.5) is 0 Å². The van der Waals surface area contributed by atoms with E-state index in [-0.39, 0.29) is 0 Å². The van der Waals surface area contributed by atoms with Crippen molar-refractivity contribution in [2.24, 2.45) is 14.1 Å².